The second kappa shape index (κ2) is 5.75. The monoisotopic (exact) mass is 361 g/mol. The molecule has 0 fully saturated rings. The molecule has 0 aliphatic rings. The molecule has 2 heterocycles. The lowest BCUT2D eigenvalue weighted by Crippen LogP contribution is -2.05. The van der Waals surface area contributed by atoms with Crippen LogP contribution in [0.2, 0.25) is 0 Å². The van der Waals surface area contributed by atoms with E-state index in [0.29, 0.717) is 0 Å². The molecule has 0 amide bonds. The second-order valence-electron chi connectivity index (χ2n) is 3.11. The Bertz CT molecular complexity index is 473. The third-order valence-corrected chi connectivity index (χ3v) is 4.06. The Morgan fingerprint density at radius 1 is 1.25 bits per heavy atom. The molecule has 0 saturated heterocycles. The van der Waals surface area contributed by atoms with Crippen LogP contribution in [0, 0.1) is 0 Å². The summed E-state index contributed by atoms with van der Waals surface area (Å²) in [6, 6.07) is 6.07. The Morgan fingerprint density at radius 2 is 2.12 bits per heavy atom. The first-order chi connectivity index (χ1) is 7.74. The molecule has 84 valence electrons. The summed E-state index contributed by atoms with van der Waals surface area (Å²) in [7, 11) is 0. The van der Waals surface area contributed by atoms with Gasteiger partial charge >= 0.3 is 0 Å². The van der Waals surface area contributed by atoms with Crippen LogP contribution in [-0.2, 0) is 6.42 Å². The summed E-state index contributed by atoms with van der Waals surface area (Å²) >= 11 is 8.52. The van der Waals surface area contributed by atoms with Gasteiger partial charge in [0.15, 0.2) is 0 Å². The normalized spacial score (nSPS) is 10.4. The molecule has 3 nitrogen and oxygen atoms in total. The van der Waals surface area contributed by atoms with E-state index in [-0.39, 0.29) is 0 Å². The van der Waals surface area contributed by atoms with Crippen LogP contribution in [0.4, 0.5) is 5.82 Å². The molecule has 0 saturated carbocycles. The van der Waals surface area contributed by atoms with Gasteiger partial charge in [-0.2, -0.15) is 0 Å². The van der Waals surface area contributed by atoms with E-state index in [0.717, 1.165) is 23.4 Å². The summed E-state index contributed by atoms with van der Waals surface area (Å²) in [6.07, 6.45) is 2.53. The Hall–Kier alpha value is -0.460. The zero-order chi connectivity index (χ0) is 11.4. The second-order valence-corrected chi connectivity index (χ2v) is 6.47. The van der Waals surface area contributed by atoms with Crippen molar-refractivity contribution in [1.29, 1.82) is 0 Å². The van der Waals surface area contributed by atoms with Gasteiger partial charge in [-0.25, -0.2) is 9.97 Å². The minimum atomic E-state index is 0.795. The zero-order valence-electron chi connectivity index (χ0n) is 8.28. The third kappa shape index (κ3) is 3.54. The van der Waals surface area contributed by atoms with Gasteiger partial charge in [-0.1, -0.05) is 0 Å². The fourth-order valence-electron chi connectivity index (χ4n) is 1.23. The Balaban J connectivity index is 1.84. The van der Waals surface area contributed by atoms with Gasteiger partial charge in [0.2, 0.25) is 0 Å². The molecule has 0 spiro atoms. The minimum Gasteiger partial charge on any atom is -0.370 e. The molecule has 2 rings (SSSR count). The molecule has 0 radical (unpaired) electrons. The van der Waals surface area contributed by atoms with Crippen molar-refractivity contribution in [2.24, 2.45) is 0 Å². The van der Waals surface area contributed by atoms with E-state index in [9.17, 15) is 0 Å². The number of halogens is 2. The van der Waals surface area contributed by atoms with Gasteiger partial charge in [0.25, 0.3) is 0 Å². The van der Waals surface area contributed by atoms with E-state index < -0.39 is 0 Å². The van der Waals surface area contributed by atoms with Gasteiger partial charge in [-0.3, -0.25) is 0 Å². The summed E-state index contributed by atoms with van der Waals surface area (Å²) in [5, 5.41) is 3.25. The van der Waals surface area contributed by atoms with Crippen LogP contribution in [-0.4, -0.2) is 16.5 Å². The predicted molar refractivity (Wildman–Crippen MR) is 73.9 cm³/mol. The zero-order valence-corrected chi connectivity index (χ0v) is 12.3. The van der Waals surface area contributed by atoms with Crippen LogP contribution in [0.5, 0.6) is 0 Å². The highest BCUT2D eigenvalue weighted by Gasteiger charge is 1.99. The van der Waals surface area contributed by atoms with Crippen LogP contribution >= 0.6 is 43.2 Å². The highest BCUT2D eigenvalue weighted by Crippen LogP contribution is 2.22. The van der Waals surface area contributed by atoms with E-state index in [1.54, 1.807) is 11.3 Å². The van der Waals surface area contributed by atoms with E-state index in [4.69, 9.17) is 0 Å². The number of rotatable bonds is 4. The van der Waals surface area contributed by atoms with Crippen LogP contribution in [0.15, 0.2) is 32.9 Å². The van der Waals surface area contributed by atoms with Crippen molar-refractivity contribution in [3.63, 3.8) is 0 Å². The number of nitrogens with one attached hydrogen (secondary N) is 1. The lowest BCUT2D eigenvalue weighted by molar-refractivity contribution is 1.01. The number of thiophene rings is 1. The van der Waals surface area contributed by atoms with Gasteiger partial charge in [0.05, 0.1) is 3.79 Å². The van der Waals surface area contributed by atoms with Crippen molar-refractivity contribution in [3.8, 4) is 0 Å². The molecule has 0 aliphatic heterocycles. The Kier molecular flexibility index (Phi) is 4.31. The SMILES string of the molecule is Brc1cc(NCCc2ccc(Br)s2)ncn1. The number of hydrogen-bond acceptors (Lipinski definition) is 4. The Morgan fingerprint density at radius 3 is 2.81 bits per heavy atom. The highest BCUT2D eigenvalue weighted by molar-refractivity contribution is 9.11. The largest absolute Gasteiger partial charge is 0.370 e. The average Bonchev–Trinajstić information content (AvgIpc) is 2.64. The maximum absolute atomic E-state index is 4.12. The first-order valence-corrected chi connectivity index (χ1v) is 7.10. The fourth-order valence-corrected chi connectivity index (χ4v) is 3.02. The number of nitrogens with zero attached hydrogens (tertiary/aromatic N) is 2. The molecule has 2 aromatic heterocycles. The summed E-state index contributed by atoms with van der Waals surface area (Å²) in [6.45, 7) is 0.871. The third-order valence-electron chi connectivity index (χ3n) is 1.94. The molecular weight excluding hydrogens is 354 g/mol. The van der Waals surface area contributed by atoms with Crippen LogP contribution in [0.3, 0.4) is 0 Å². The maximum Gasteiger partial charge on any atom is 0.130 e. The van der Waals surface area contributed by atoms with Crippen molar-refractivity contribution in [3.05, 3.63) is 37.8 Å². The molecule has 0 unspecified atom stereocenters. The van der Waals surface area contributed by atoms with E-state index in [2.05, 4.69) is 59.3 Å². The maximum atomic E-state index is 4.12. The first kappa shape index (κ1) is 12.0. The van der Waals surface area contributed by atoms with Crippen LogP contribution in [0.25, 0.3) is 0 Å². The molecule has 1 N–H and O–H groups in total. The molecule has 2 aromatic rings. The van der Waals surface area contributed by atoms with Crippen molar-refractivity contribution < 1.29 is 0 Å². The van der Waals surface area contributed by atoms with Crippen LogP contribution in [0.1, 0.15) is 4.88 Å². The standard InChI is InChI=1S/C10H9Br2N3S/c11-8-5-10(15-6-14-8)13-4-3-7-1-2-9(12)16-7/h1-2,5-6H,3-4H2,(H,13,14,15). The van der Waals surface area contributed by atoms with Gasteiger partial charge in [0, 0.05) is 17.5 Å². The average molecular weight is 363 g/mol. The molecule has 0 bridgehead atoms. The van der Waals surface area contributed by atoms with Gasteiger partial charge in [-0.15, -0.1) is 11.3 Å². The summed E-state index contributed by atoms with van der Waals surface area (Å²) in [4.78, 5) is 9.44. The first-order valence-electron chi connectivity index (χ1n) is 4.69. The molecule has 0 atom stereocenters. The van der Waals surface area contributed by atoms with Crippen molar-refractivity contribution in [1.82, 2.24) is 9.97 Å². The Labute approximate surface area is 115 Å². The molecular formula is C10H9Br2N3S. The highest BCUT2D eigenvalue weighted by atomic mass is 79.9. The quantitative estimate of drug-likeness (QED) is 0.842. The smallest absolute Gasteiger partial charge is 0.130 e. The van der Waals surface area contributed by atoms with Crippen molar-refractivity contribution in [2.75, 3.05) is 11.9 Å². The van der Waals surface area contributed by atoms with E-state index in [1.165, 1.54) is 15.0 Å². The lowest BCUT2D eigenvalue weighted by atomic mass is 10.3. The van der Waals surface area contributed by atoms with Gasteiger partial charge < -0.3 is 5.32 Å². The topological polar surface area (TPSA) is 37.8 Å². The predicted octanol–water partition coefficient (Wildman–Crippen LogP) is 3.72. The summed E-state index contributed by atoms with van der Waals surface area (Å²) in [5.41, 5.74) is 0. The molecule has 6 heteroatoms. The number of hydrogen-bond donors (Lipinski definition) is 1. The van der Waals surface area contributed by atoms with Crippen LogP contribution < -0.4 is 5.32 Å². The van der Waals surface area contributed by atoms with E-state index in [1.807, 2.05) is 6.07 Å². The van der Waals surface area contributed by atoms with Crippen molar-refractivity contribution >= 4 is 49.0 Å². The van der Waals surface area contributed by atoms with Gasteiger partial charge in [-0.05, 0) is 50.4 Å². The van der Waals surface area contributed by atoms with Crippen molar-refractivity contribution in [2.45, 2.75) is 6.42 Å². The lowest BCUT2D eigenvalue weighted by Gasteiger charge is -2.03. The molecule has 16 heavy (non-hydrogen) atoms. The van der Waals surface area contributed by atoms with E-state index >= 15 is 0 Å². The summed E-state index contributed by atoms with van der Waals surface area (Å²) in [5.74, 6) is 0.845. The fraction of sp³-hybridized carbons (Fsp3) is 0.200. The minimum absolute atomic E-state index is 0.795. The molecule has 0 aromatic carbocycles. The number of anilines is 1. The summed E-state index contributed by atoms with van der Waals surface area (Å²) < 4.78 is 1.97. The molecule has 0 aliphatic carbocycles. The van der Waals surface area contributed by atoms with Gasteiger partial charge in [0.1, 0.15) is 16.7 Å². The number of aromatic nitrogens is 2.